The Bertz CT molecular complexity index is 142. The lowest BCUT2D eigenvalue weighted by Crippen LogP contribution is -2.26. The normalized spacial score (nSPS) is 34.6. The third kappa shape index (κ3) is 1.21. The van der Waals surface area contributed by atoms with Crippen molar-refractivity contribution in [3.63, 3.8) is 0 Å². The predicted octanol–water partition coefficient (Wildman–Crippen LogP) is 3.61. The lowest BCUT2D eigenvalue weighted by Gasteiger charge is -2.38. The maximum absolute atomic E-state index is 2.39. The molecule has 0 nitrogen and oxygen atoms in total. The number of rotatable bonds is 1. The van der Waals surface area contributed by atoms with Gasteiger partial charge in [-0.3, -0.25) is 0 Å². The van der Waals surface area contributed by atoms with E-state index in [1.165, 1.54) is 12.8 Å². The fourth-order valence-electron chi connectivity index (χ4n) is 2.95. The van der Waals surface area contributed by atoms with Crippen molar-refractivity contribution in [2.24, 2.45) is 17.3 Å². The van der Waals surface area contributed by atoms with Crippen molar-refractivity contribution in [1.29, 1.82) is 0 Å². The predicted molar refractivity (Wildman–Crippen MR) is 48.5 cm³/mol. The van der Waals surface area contributed by atoms with Crippen molar-refractivity contribution in [1.82, 2.24) is 0 Å². The van der Waals surface area contributed by atoms with Crippen LogP contribution in [-0.4, -0.2) is 0 Å². The molecular weight excluding hydrogens is 132 g/mol. The van der Waals surface area contributed by atoms with Crippen molar-refractivity contribution >= 4 is 0 Å². The molecule has 0 heteroatoms. The Kier molecular flexibility index (Phi) is 1.74. The van der Waals surface area contributed by atoms with E-state index in [0.29, 0.717) is 0 Å². The van der Waals surface area contributed by atoms with Gasteiger partial charge in [-0.15, -0.1) is 0 Å². The summed E-state index contributed by atoms with van der Waals surface area (Å²) in [5, 5.41) is 0. The minimum absolute atomic E-state index is 0.870. The first kappa shape index (κ1) is 7.64. The highest BCUT2D eigenvalue weighted by Crippen LogP contribution is 2.56. The van der Waals surface area contributed by atoms with Crippen LogP contribution in [0.3, 0.4) is 0 Å². The second kappa shape index (κ2) is 2.50. The molecule has 1 atom stereocenters. The minimum atomic E-state index is 0.870. The molecule has 0 N–H and O–H groups in total. The Morgan fingerprint density at radius 3 is 2.18 bits per heavy atom. The van der Waals surface area contributed by atoms with Gasteiger partial charge in [-0.1, -0.05) is 20.3 Å². The molecule has 0 unspecified atom stereocenters. The second-order valence-electron chi connectivity index (χ2n) is 5.10. The second-order valence-corrected chi connectivity index (χ2v) is 5.10. The molecule has 0 amide bonds. The molecule has 11 heavy (non-hydrogen) atoms. The van der Waals surface area contributed by atoms with Gasteiger partial charge in [0.05, 0.1) is 0 Å². The number of hydrogen-bond donors (Lipinski definition) is 0. The molecule has 0 aromatic heterocycles. The van der Waals surface area contributed by atoms with Gasteiger partial charge in [0.2, 0.25) is 0 Å². The van der Waals surface area contributed by atoms with Crippen LogP contribution in [0, 0.1) is 17.3 Å². The fraction of sp³-hybridized carbons (Fsp3) is 1.00. The van der Waals surface area contributed by atoms with Gasteiger partial charge in [0.25, 0.3) is 0 Å². The van der Waals surface area contributed by atoms with Crippen molar-refractivity contribution < 1.29 is 0 Å². The molecule has 0 aliphatic heterocycles. The Balaban J connectivity index is 1.93. The fourth-order valence-corrected chi connectivity index (χ4v) is 2.95. The van der Waals surface area contributed by atoms with E-state index in [1.807, 2.05) is 0 Å². The van der Waals surface area contributed by atoms with Gasteiger partial charge in [-0.05, 0) is 49.4 Å². The van der Waals surface area contributed by atoms with E-state index in [9.17, 15) is 0 Å². The summed E-state index contributed by atoms with van der Waals surface area (Å²) in [5.41, 5.74) is 0.870. The quantitative estimate of drug-likeness (QED) is 0.538. The minimum Gasteiger partial charge on any atom is -0.0625 e. The Morgan fingerprint density at radius 2 is 1.91 bits per heavy atom. The van der Waals surface area contributed by atoms with Crippen LogP contribution >= 0.6 is 0 Å². The Hall–Kier alpha value is 0. The summed E-state index contributed by atoms with van der Waals surface area (Å²) in [5.74, 6) is 2.00. The Morgan fingerprint density at radius 1 is 1.18 bits per heavy atom. The highest BCUT2D eigenvalue weighted by atomic mass is 14.5. The van der Waals surface area contributed by atoms with Crippen molar-refractivity contribution in [3.8, 4) is 0 Å². The van der Waals surface area contributed by atoms with E-state index in [2.05, 4.69) is 13.8 Å². The summed E-state index contributed by atoms with van der Waals surface area (Å²) in [7, 11) is 0. The van der Waals surface area contributed by atoms with Crippen LogP contribution in [0.25, 0.3) is 0 Å². The van der Waals surface area contributed by atoms with E-state index in [-0.39, 0.29) is 0 Å². The van der Waals surface area contributed by atoms with Gasteiger partial charge in [-0.25, -0.2) is 0 Å². The first-order chi connectivity index (χ1) is 5.22. The van der Waals surface area contributed by atoms with Gasteiger partial charge < -0.3 is 0 Å². The molecule has 2 aliphatic rings. The lowest BCUT2D eigenvalue weighted by molar-refractivity contribution is 0.132. The van der Waals surface area contributed by atoms with Crippen LogP contribution in [-0.2, 0) is 0 Å². The summed E-state index contributed by atoms with van der Waals surface area (Å²) < 4.78 is 0. The first-order valence-electron chi connectivity index (χ1n) is 5.22. The maximum atomic E-state index is 2.39. The molecule has 2 fully saturated rings. The highest BCUT2D eigenvalue weighted by Gasteiger charge is 2.43. The molecular formula is C11H20. The monoisotopic (exact) mass is 152 g/mol. The molecule has 2 rings (SSSR count). The molecule has 1 spiro atoms. The lowest BCUT2D eigenvalue weighted by atomic mass is 9.67. The molecule has 0 aromatic rings. The summed E-state index contributed by atoms with van der Waals surface area (Å²) in [6.07, 6.45) is 9.26. The van der Waals surface area contributed by atoms with Crippen LogP contribution in [0.4, 0.5) is 0 Å². The van der Waals surface area contributed by atoms with Crippen molar-refractivity contribution in [2.75, 3.05) is 0 Å². The van der Waals surface area contributed by atoms with Gasteiger partial charge >= 0.3 is 0 Å². The zero-order valence-electron chi connectivity index (χ0n) is 7.90. The third-order valence-electron chi connectivity index (χ3n) is 4.10. The largest absolute Gasteiger partial charge is 0.0625 e. The van der Waals surface area contributed by atoms with E-state index >= 15 is 0 Å². The van der Waals surface area contributed by atoms with E-state index < -0.39 is 0 Å². The van der Waals surface area contributed by atoms with Gasteiger partial charge in [0.15, 0.2) is 0 Å². The molecule has 0 saturated heterocycles. The third-order valence-corrected chi connectivity index (χ3v) is 4.10. The summed E-state index contributed by atoms with van der Waals surface area (Å²) in [6.45, 7) is 4.78. The SMILES string of the molecule is CC(C)[C@H]1CCC2(CCC2)C1. The maximum Gasteiger partial charge on any atom is -0.0295 e. The van der Waals surface area contributed by atoms with E-state index in [0.717, 1.165) is 17.3 Å². The van der Waals surface area contributed by atoms with Crippen LogP contribution in [0.15, 0.2) is 0 Å². The van der Waals surface area contributed by atoms with Gasteiger partial charge in [-0.2, -0.15) is 0 Å². The Labute approximate surface area is 70.4 Å². The molecule has 64 valence electrons. The zero-order valence-corrected chi connectivity index (χ0v) is 7.90. The van der Waals surface area contributed by atoms with E-state index in [1.54, 1.807) is 25.7 Å². The summed E-state index contributed by atoms with van der Waals surface area (Å²) in [4.78, 5) is 0. The molecule has 2 saturated carbocycles. The van der Waals surface area contributed by atoms with Crippen LogP contribution < -0.4 is 0 Å². The van der Waals surface area contributed by atoms with Crippen LogP contribution in [0.1, 0.15) is 52.4 Å². The van der Waals surface area contributed by atoms with Gasteiger partial charge in [0.1, 0.15) is 0 Å². The highest BCUT2D eigenvalue weighted by molar-refractivity contribution is 4.95. The number of hydrogen-bond acceptors (Lipinski definition) is 0. The van der Waals surface area contributed by atoms with Crippen molar-refractivity contribution in [2.45, 2.75) is 52.4 Å². The summed E-state index contributed by atoms with van der Waals surface area (Å²) in [6, 6.07) is 0. The average molecular weight is 152 g/mol. The zero-order chi connectivity index (χ0) is 7.90. The van der Waals surface area contributed by atoms with Crippen LogP contribution in [0.5, 0.6) is 0 Å². The van der Waals surface area contributed by atoms with Gasteiger partial charge in [0, 0.05) is 0 Å². The standard InChI is InChI=1S/C11H20/c1-9(2)10-4-7-11(8-10)5-3-6-11/h9-10H,3-8H2,1-2H3/t10-/m0/s1. The molecule has 0 aromatic carbocycles. The average Bonchev–Trinajstić information content (AvgIpc) is 2.28. The molecule has 0 heterocycles. The molecule has 0 bridgehead atoms. The smallest absolute Gasteiger partial charge is 0.0295 e. The van der Waals surface area contributed by atoms with Crippen molar-refractivity contribution in [3.05, 3.63) is 0 Å². The first-order valence-corrected chi connectivity index (χ1v) is 5.22. The van der Waals surface area contributed by atoms with E-state index in [4.69, 9.17) is 0 Å². The summed E-state index contributed by atoms with van der Waals surface area (Å²) >= 11 is 0. The topological polar surface area (TPSA) is 0 Å². The molecule has 0 radical (unpaired) electrons. The molecule has 2 aliphatic carbocycles. The van der Waals surface area contributed by atoms with Crippen LogP contribution in [0.2, 0.25) is 0 Å².